The molecule has 0 aromatic carbocycles. The Labute approximate surface area is 57.1 Å². The molecular weight excluding hydrogens is 116 g/mol. The molecule has 1 rings (SSSR count). The number of thioether (sulfide) groups is 1. The highest BCUT2D eigenvalue weighted by molar-refractivity contribution is 8.00. The second kappa shape index (κ2) is 5.49. The molecule has 0 amide bonds. The van der Waals surface area contributed by atoms with Gasteiger partial charge in [-0.3, -0.25) is 0 Å². The Balaban J connectivity index is 0.000000122. The standard InChI is InChI=1S/C4H10.C3H6S/c1-4(2)3;1-2-4-3-1/h4H,1-3H3;1-3H2. The van der Waals surface area contributed by atoms with Gasteiger partial charge in [-0.05, 0) is 23.8 Å². The molecule has 0 aliphatic carbocycles. The molecule has 0 saturated carbocycles. The summed E-state index contributed by atoms with van der Waals surface area (Å²) in [5.41, 5.74) is 0. The topological polar surface area (TPSA) is 0 Å². The lowest BCUT2D eigenvalue weighted by atomic mass is 10.3. The summed E-state index contributed by atoms with van der Waals surface area (Å²) in [7, 11) is 0. The summed E-state index contributed by atoms with van der Waals surface area (Å²) >= 11 is 2.04. The lowest BCUT2D eigenvalue weighted by molar-refractivity contribution is 0.737. The SMILES string of the molecule is C1CSC1.CC(C)C. The lowest BCUT2D eigenvalue weighted by Gasteiger charge is -2.05. The minimum atomic E-state index is 0.833. The van der Waals surface area contributed by atoms with Gasteiger partial charge < -0.3 is 0 Å². The van der Waals surface area contributed by atoms with Crippen LogP contribution in [0, 0.1) is 5.92 Å². The van der Waals surface area contributed by atoms with Crippen LogP contribution < -0.4 is 0 Å². The third-order valence-electron chi connectivity index (χ3n) is 0.577. The Hall–Kier alpha value is 0.350. The molecule has 0 nitrogen and oxygen atoms in total. The highest BCUT2D eigenvalue weighted by atomic mass is 32.2. The monoisotopic (exact) mass is 132 g/mol. The van der Waals surface area contributed by atoms with Crippen molar-refractivity contribution in [3.63, 3.8) is 0 Å². The van der Waals surface area contributed by atoms with Crippen molar-refractivity contribution in [2.45, 2.75) is 27.2 Å². The van der Waals surface area contributed by atoms with Gasteiger partial charge in [-0.25, -0.2) is 0 Å². The third-order valence-corrected chi connectivity index (χ3v) is 1.73. The van der Waals surface area contributed by atoms with E-state index in [9.17, 15) is 0 Å². The summed E-state index contributed by atoms with van der Waals surface area (Å²) in [6.45, 7) is 6.50. The Morgan fingerprint density at radius 1 is 1.12 bits per heavy atom. The van der Waals surface area contributed by atoms with Crippen molar-refractivity contribution in [3.05, 3.63) is 0 Å². The summed E-state index contributed by atoms with van der Waals surface area (Å²) < 4.78 is 0. The zero-order valence-corrected chi connectivity index (χ0v) is 6.92. The van der Waals surface area contributed by atoms with Crippen LogP contribution in [-0.2, 0) is 0 Å². The summed E-state index contributed by atoms with van der Waals surface area (Å²) in [4.78, 5) is 0. The van der Waals surface area contributed by atoms with E-state index < -0.39 is 0 Å². The van der Waals surface area contributed by atoms with Gasteiger partial charge in [-0.2, -0.15) is 11.8 Å². The van der Waals surface area contributed by atoms with E-state index >= 15 is 0 Å². The highest BCUT2D eigenvalue weighted by Gasteiger charge is 1.95. The Morgan fingerprint density at radius 3 is 1.25 bits per heavy atom. The maximum Gasteiger partial charge on any atom is -0.00597 e. The lowest BCUT2D eigenvalue weighted by Crippen LogP contribution is -1.94. The summed E-state index contributed by atoms with van der Waals surface area (Å²) in [5, 5.41) is 0. The molecule has 1 fully saturated rings. The summed E-state index contributed by atoms with van der Waals surface area (Å²) in [5.74, 6) is 3.67. The molecule has 0 bridgehead atoms. The normalized spacial score (nSPS) is 16.5. The van der Waals surface area contributed by atoms with Gasteiger partial charge in [0, 0.05) is 0 Å². The second-order valence-electron chi connectivity index (χ2n) is 2.70. The van der Waals surface area contributed by atoms with E-state index in [1.807, 2.05) is 11.8 Å². The van der Waals surface area contributed by atoms with E-state index in [1.54, 1.807) is 0 Å². The van der Waals surface area contributed by atoms with Crippen LogP contribution in [0.3, 0.4) is 0 Å². The predicted octanol–water partition coefficient (Wildman–Crippen LogP) is 2.79. The van der Waals surface area contributed by atoms with Gasteiger partial charge in [-0.1, -0.05) is 20.8 Å². The molecule has 0 radical (unpaired) electrons. The first-order valence-corrected chi connectivity index (χ1v) is 4.46. The fourth-order valence-corrected chi connectivity index (χ4v) is 0.433. The van der Waals surface area contributed by atoms with Crippen LogP contribution >= 0.6 is 11.8 Å². The summed E-state index contributed by atoms with van der Waals surface area (Å²) in [6, 6.07) is 0. The van der Waals surface area contributed by atoms with E-state index in [2.05, 4.69) is 20.8 Å². The van der Waals surface area contributed by atoms with Gasteiger partial charge in [0.25, 0.3) is 0 Å². The molecule has 0 atom stereocenters. The molecule has 1 heterocycles. The first-order valence-electron chi connectivity index (χ1n) is 3.31. The molecule has 50 valence electrons. The molecule has 0 spiro atoms. The van der Waals surface area contributed by atoms with Crippen molar-refractivity contribution < 1.29 is 0 Å². The minimum Gasteiger partial charge on any atom is -0.162 e. The van der Waals surface area contributed by atoms with Crippen LogP contribution in [0.4, 0.5) is 0 Å². The van der Waals surface area contributed by atoms with E-state index in [-0.39, 0.29) is 0 Å². The molecule has 1 aliphatic heterocycles. The van der Waals surface area contributed by atoms with Crippen LogP contribution in [-0.4, -0.2) is 11.5 Å². The van der Waals surface area contributed by atoms with Crippen molar-refractivity contribution >= 4 is 11.8 Å². The quantitative estimate of drug-likeness (QED) is 0.488. The van der Waals surface area contributed by atoms with Crippen molar-refractivity contribution in [1.82, 2.24) is 0 Å². The molecular formula is C7H16S. The molecule has 0 unspecified atom stereocenters. The van der Waals surface area contributed by atoms with Crippen LogP contribution in [0.2, 0.25) is 0 Å². The zero-order valence-electron chi connectivity index (χ0n) is 6.11. The van der Waals surface area contributed by atoms with E-state index in [1.165, 1.54) is 17.9 Å². The molecule has 1 aliphatic rings. The van der Waals surface area contributed by atoms with Gasteiger partial charge in [0.15, 0.2) is 0 Å². The Morgan fingerprint density at radius 2 is 1.25 bits per heavy atom. The van der Waals surface area contributed by atoms with Crippen molar-refractivity contribution in [2.75, 3.05) is 11.5 Å². The smallest absolute Gasteiger partial charge is 0.00597 e. The molecule has 0 aromatic heterocycles. The number of hydrogen-bond donors (Lipinski definition) is 0. The number of rotatable bonds is 0. The maximum absolute atomic E-state index is 2.17. The average molecular weight is 132 g/mol. The van der Waals surface area contributed by atoms with E-state index in [0.29, 0.717) is 0 Å². The fourth-order valence-electron chi connectivity index (χ4n) is 0.144. The molecule has 0 aromatic rings. The van der Waals surface area contributed by atoms with Gasteiger partial charge in [0.2, 0.25) is 0 Å². The second-order valence-corrected chi connectivity index (χ2v) is 3.92. The van der Waals surface area contributed by atoms with Crippen molar-refractivity contribution in [3.8, 4) is 0 Å². The fraction of sp³-hybridized carbons (Fsp3) is 1.00. The van der Waals surface area contributed by atoms with Crippen LogP contribution in [0.1, 0.15) is 27.2 Å². The molecule has 8 heavy (non-hydrogen) atoms. The molecule has 1 heteroatoms. The van der Waals surface area contributed by atoms with Crippen molar-refractivity contribution in [2.24, 2.45) is 5.92 Å². The van der Waals surface area contributed by atoms with Gasteiger partial charge >= 0.3 is 0 Å². The zero-order chi connectivity index (χ0) is 6.41. The van der Waals surface area contributed by atoms with Gasteiger partial charge in [0.05, 0.1) is 0 Å². The number of hydrogen-bond acceptors (Lipinski definition) is 1. The third kappa shape index (κ3) is 9.61. The first kappa shape index (κ1) is 8.35. The van der Waals surface area contributed by atoms with Crippen molar-refractivity contribution in [1.29, 1.82) is 0 Å². The Kier molecular flexibility index (Phi) is 5.73. The van der Waals surface area contributed by atoms with Gasteiger partial charge in [-0.15, -0.1) is 0 Å². The highest BCUT2D eigenvalue weighted by Crippen LogP contribution is 2.14. The van der Waals surface area contributed by atoms with Crippen LogP contribution in [0.25, 0.3) is 0 Å². The largest absolute Gasteiger partial charge is 0.162 e. The molecule has 1 saturated heterocycles. The summed E-state index contributed by atoms with van der Waals surface area (Å²) in [6.07, 6.45) is 1.46. The predicted molar refractivity (Wildman–Crippen MR) is 42.5 cm³/mol. The van der Waals surface area contributed by atoms with E-state index in [4.69, 9.17) is 0 Å². The minimum absolute atomic E-state index is 0.833. The van der Waals surface area contributed by atoms with Crippen LogP contribution in [0.15, 0.2) is 0 Å². The average Bonchev–Trinajstić information content (AvgIpc) is 1.19. The van der Waals surface area contributed by atoms with E-state index in [0.717, 1.165) is 5.92 Å². The first-order chi connectivity index (χ1) is 3.73. The van der Waals surface area contributed by atoms with Gasteiger partial charge in [0.1, 0.15) is 0 Å². The molecule has 0 N–H and O–H groups in total. The maximum atomic E-state index is 2.17. The Bertz CT molecular complexity index is 30.9. The van der Waals surface area contributed by atoms with Crippen LogP contribution in [0.5, 0.6) is 0 Å².